The van der Waals surface area contributed by atoms with Gasteiger partial charge in [-0.3, -0.25) is 0 Å². The highest BCUT2D eigenvalue weighted by molar-refractivity contribution is 5.66. The van der Waals surface area contributed by atoms with E-state index in [9.17, 15) is 9.90 Å². The van der Waals surface area contributed by atoms with Gasteiger partial charge in [-0.2, -0.15) is 0 Å². The Labute approximate surface area is 79.3 Å². The molecule has 0 aromatic carbocycles. The van der Waals surface area contributed by atoms with Gasteiger partial charge in [0.05, 0.1) is 5.60 Å². The molecule has 0 aliphatic heterocycles. The zero-order chi connectivity index (χ0) is 9.74. The fourth-order valence-electron chi connectivity index (χ4n) is 2.64. The van der Waals surface area contributed by atoms with Crippen molar-refractivity contribution in [1.29, 1.82) is 0 Å². The number of carbonyl (C=O) groups excluding carboxylic acids is 1. The van der Waals surface area contributed by atoms with Gasteiger partial charge in [-0.25, -0.2) is 0 Å². The van der Waals surface area contributed by atoms with Crippen LogP contribution in [0.3, 0.4) is 0 Å². The van der Waals surface area contributed by atoms with Crippen molar-refractivity contribution in [3.8, 4) is 0 Å². The molecule has 2 rings (SSSR count). The van der Waals surface area contributed by atoms with E-state index < -0.39 is 5.60 Å². The Morgan fingerprint density at radius 3 is 2.15 bits per heavy atom. The molecule has 74 valence electrons. The number of aldehydes is 1. The van der Waals surface area contributed by atoms with E-state index >= 15 is 0 Å². The first-order chi connectivity index (χ1) is 5.93. The lowest BCUT2D eigenvalue weighted by Crippen LogP contribution is -2.40. The summed E-state index contributed by atoms with van der Waals surface area (Å²) in [6.07, 6.45) is 5.61. The molecule has 0 aromatic rings. The van der Waals surface area contributed by atoms with Gasteiger partial charge in [0.15, 0.2) is 0 Å². The first-order valence-electron chi connectivity index (χ1n) is 5.12. The number of hydrogen-bond donors (Lipinski definition) is 1. The summed E-state index contributed by atoms with van der Waals surface area (Å²) >= 11 is 0. The van der Waals surface area contributed by atoms with Gasteiger partial charge >= 0.3 is 0 Å². The molecule has 1 N–H and O–H groups in total. The van der Waals surface area contributed by atoms with Crippen LogP contribution in [-0.4, -0.2) is 17.0 Å². The normalized spacial score (nSPS) is 39.3. The van der Waals surface area contributed by atoms with Gasteiger partial charge in [-0.1, -0.05) is 13.8 Å². The molecular formula is C11H18O2. The van der Waals surface area contributed by atoms with Crippen LogP contribution in [0, 0.1) is 10.8 Å². The van der Waals surface area contributed by atoms with Crippen molar-refractivity contribution in [2.24, 2.45) is 10.8 Å². The SMILES string of the molecule is CC1(C)CC1(C=O)CC1(O)CCC1. The van der Waals surface area contributed by atoms with E-state index in [4.69, 9.17) is 0 Å². The van der Waals surface area contributed by atoms with Crippen molar-refractivity contribution in [3.63, 3.8) is 0 Å². The molecule has 2 nitrogen and oxygen atoms in total. The molecule has 0 amide bonds. The molecule has 2 saturated carbocycles. The molecule has 2 fully saturated rings. The lowest BCUT2D eigenvalue weighted by molar-refractivity contribution is -0.119. The van der Waals surface area contributed by atoms with Crippen LogP contribution in [0.25, 0.3) is 0 Å². The fraction of sp³-hybridized carbons (Fsp3) is 0.909. The molecule has 2 aliphatic carbocycles. The van der Waals surface area contributed by atoms with E-state index in [1.807, 2.05) is 0 Å². The second-order valence-electron chi connectivity index (χ2n) is 5.59. The summed E-state index contributed by atoms with van der Waals surface area (Å²) in [7, 11) is 0. The van der Waals surface area contributed by atoms with Crippen molar-refractivity contribution >= 4 is 6.29 Å². The summed E-state index contributed by atoms with van der Waals surface area (Å²) in [5, 5.41) is 9.99. The predicted molar refractivity (Wildman–Crippen MR) is 50.3 cm³/mol. The summed E-state index contributed by atoms with van der Waals surface area (Å²) in [5.74, 6) is 0. The van der Waals surface area contributed by atoms with Crippen LogP contribution < -0.4 is 0 Å². The third-order valence-electron chi connectivity index (χ3n) is 4.13. The third kappa shape index (κ3) is 1.23. The topological polar surface area (TPSA) is 37.3 Å². The number of hydrogen-bond acceptors (Lipinski definition) is 2. The van der Waals surface area contributed by atoms with Crippen LogP contribution in [0.15, 0.2) is 0 Å². The van der Waals surface area contributed by atoms with Crippen molar-refractivity contribution in [2.75, 3.05) is 0 Å². The molecule has 0 aromatic heterocycles. The summed E-state index contributed by atoms with van der Waals surface area (Å²) in [5.41, 5.74) is -0.586. The van der Waals surface area contributed by atoms with Gasteiger partial charge in [0.1, 0.15) is 6.29 Å². The summed E-state index contributed by atoms with van der Waals surface area (Å²) in [4.78, 5) is 11.0. The van der Waals surface area contributed by atoms with E-state index in [-0.39, 0.29) is 10.8 Å². The Bertz CT molecular complexity index is 240. The Balaban J connectivity index is 2.05. The average molecular weight is 182 g/mol. The Hall–Kier alpha value is -0.370. The summed E-state index contributed by atoms with van der Waals surface area (Å²) < 4.78 is 0. The number of aliphatic hydroxyl groups is 1. The van der Waals surface area contributed by atoms with Crippen LogP contribution >= 0.6 is 0 Å². The number of rotatable bonds is 3. The minimum atomic E-state index is -0.505. The maximum absolute atomic E-state index is 11.0. The van der Waals surface area contributed by atoms with E-state index in [1.54, 1.807) is 0 Å². The molecule has 13 heavy (non-hydrogen) atoms. The summed E-state index contributed by atoms with van der Waals surface area (Å²) in [6.45, 7) is 4.23. The van der Waals surface area contributed by atoms with Gasteiger partial charge < -0.3 is 9.90 Å². The Kier molecular flexibility index (Phi) is 1.66. The highest BCUT2D eigenvalue weighted by Gasteiger charge is 2.64. The van der Waals surface area contributed by atoms with Gasteiger partial charge in [-0.15, -0.1) is 0 Å². The highest BCUT2D eigenvalue weighted by Crippen LogP contribution is 2.66. The molecule has 0 heterocycles. The molecule has 1 atom stereocenters. The van der Waals surface area contributed by atoms with E-state index in [0.717, 1.165) is 32.0 Å². The van der Waals surface area contributed by atoms with Crippen LogP contribution in [-0.2, 0) is 4.79 Å². The molecule has 1 unspecified atom stereocenters. The fourth-order valence-corrected chi connectivity index (χ4v) is 2.64. The smallest absolute Gasteiger partial charge is 0.126 e. The largest absolute Gasteiger partial charge is 0.390 e. The summed E-state index contributed by atoms with van der Waals surface area (Å²) in [6, 6.07) is 0. The second kappa shape index (κ2) is 2.35. The second-order valence-corrected chi connectivity index (χ2v) is 5.59. The highest BCUT2D eigenvalue weighted by atomic mass is 16.3. The van der Waals surface area contributed by atoms with Crippen molar-refractivity contribution < 1.29 is 9.90 Å². The molecular weight excluding hydrogens is 164 g/mol. The Morgan fingerprint density at radius 2 is 1.92 bits per heavy atom. The van der Waals surface area contributed by atoms with E-state index in [0.29, 0.717) is 6.42 Å². The van der Waals surface area contributed by atoms with E-state index in [2.05, 4.69) is 13.8 Å². The van der Waals surface area contributed by atoms with Gasteiger partial charge in [-0.05, 0) is 37.5 Å². The zero-order valence-corrected chi connectivity index (χ0v) is 8.47. The number of carbonyl (C=O) groups is 1. The monoisotopic (exact) mass is 182 g/mol. The van der Waals surface area contributed by atoms with Crippen LogP contribution in [0.4, 0.5) is 0 Å². The minimum absolute atomic E-state index is 0.125. The van der Waals surface area contributed by atoms with Crippen LogP contribution in [0.1, 0.15) is 46.0 Å². The van der Waals surface area contributed by atoms with Crippen molar-refractivity contribution in [2.45, 2.75) is 51.6 Å². The lowest BCUT2D eigenvalue weighted by atomic mass is 9.72. The maximum Gasteiger partial charge on any atom is 0.126 e. The van der Waals surface area contributed by atoms with Gasteiger partial charge in [0, 0.05) is 5.41 Å². The molecule has 2 heteroatoms. The first kappa shape index (κ1) is 9.20. The Morgan fingerprint density at radius 1 is 1.38 bits per heavy atom. The lowest BCUT2D eigenvalue weighted by Gasteiger charge is -2.39. The van der Waals surface area contributed by atoms with Gasteiger partial charge in [0.25, 0.3) is 0 Å². The van der Waals surface area contributed by atoms with Crippen molar-refractivity contribution in [3.05, 3.63) is 0 Å². The molecule has 0 radical (unpaired) electrons. The first-order valence-corrected chi connectivity index (χ1v) is 5.12. The quantitative estimate of drug-likeness (QED) is 0.677. The van der Waals surface area contributed by atoms with Crippen LogP contribution in [0.5, 0.6) is 0 Å². The molecule has 0 bridgehead atoms. The maximum atomic E-state index is 11.0. The van der Waals surface area contributed by atoms with Crippen LogP contribution in [0.2, 0.25) is 0 Å². The van der Waals surface area contributed by atoms with E-state index in [1.165, 1.54) is 0 Å². The predicted octanol–water partition coefficient (Wildman–Crippen LogP) is 1.91. The van der Waals surface area contributed by atoms with Gasteiger partial charge in [0.2, 0.25) is 0 Å². The average Bonchev–Trinajstić information content (AvgIpc) is 2.51. The third-order valence-corrected chi connectivity index (χ3v) is 4.13. The zero-order valence-electron chi connectivity index (χ0n) is 8.47. The molecule has 0 saturated heterocycles. The molecule has 0 spiro atoms. The van der Waals surface area contributed by atoms with Crippen molar-refractivity contribution in [1.82, 2.24) is 0 Å². The standard InChI is InChI=1S/C11H18O2/c1-9(2)6-10(9,8-12)7-11(13)4-3-5-11/h8,13H,3-7H2,1-2H3. The molecule has 2 aliphatic rings. The minimum Gasteiger partial charge on any atom is -0.390 e.